The molecule has 0 amide bonds. The van der Waals surface area contributed by atoms with Crippen LogP contribution in [-0.4, -0.2) is 30.8 Å². The third-order valence-electron chi connectivity index (χ3n) is 2.81. The first-order valence-electron chi connectivity index (χ1n) is 6.89. The van der Waals surface area contributed by atoms with E-state index in [0.29, 0.717) is 12.5 Å². The van der Waals surface area contributed by atoms with Gasteiger partial charge in [0.05, 0.1) is 5.02 Å². The lowest BCUT2D eigenvalue weighted by molar-refractivity contribution is -0.119. The summed E-state index contributed by atoms with van der Waals surface area (Å²) in [5.41, 5.74) is 0.854. The van der Waals surface area contributed by atoms with Gasteiger partial charge in [-0.05, 0) is 31.0 Å². The minimum absolute atomic E-state index is 0.170. The van der Waals surface area contributed by atoms with Crippen LogP contribution in [0.1, 0.15) is 26.3 Å². The first-order valence-corrected chi connectivity index (χ1v) is 7.27. The molecule has 0 aliphatic carbocycles. The largest absolute Gasteiger partial charge is 0.405 e. The normalized spacial score (nSPS) is 12.0. The van der Waals surface area contributed by atoms with E-state index in [9.17, 15) is 13.2 Å². The van der Waals surface area contributed by atoms with E-state index in [-0.39, 0.29) is 17.4 Å². The summed E-state index contributed by atoms with van der Waals surface area (Å²) in [6.07, 6.45) is -2.72. The van der Waals surface area contributed by atoms with E-state index in [1.54, 1.807) is 19.2 Å². The van der Waals surface area contributed by atoms with Crippen LogP contribution in [0.15, 0.2) is 12.3 Å². The molecule has 1 N–H and O–H groups in total. The number of pyridine rings is 1. The van der Waals surface area contributed by atoms with Gasteiger partial charge in [0.2, 0.25) is 0 Å². The zero-order valence-corrected chi connectivity index (χ0v) is 13.2. The molecular formula is C14H21ClF3N3. The van der Waals surface area contributed by atoms with Crippen LogP contribution in [0.3, 0.4) is 0 Å². The molecule has 0 bridgehead atoms. The number of anilines is 1. The molecule has 3 nitrogen and oxygen atoms in total. The fraction of sp³-hybridized carbons (Fsp3) is 0.643. The molecule has 0 atom stereocenters. The van der Waals surface area contributed by atoms with Gasteiger partial charge in [-0.2, -0.15) is 13.2 Å². The molecule has 0 saturated carbocycles. The van der Waals surface area contributed by atoms with Crippen LogP contribution in [-0.2, 0) is 6.54 Å². The average molecular weight is 324 g/mol. The fourth-order valence-electron chi connectivity index (χ4n) is 1.86. The van der Waals surface area contributed by atoms with Crippen molar-refractivity contribution < 1.29 is 13.2 Å². The second-order valence-electron chi connectivity index (χ2n) is 5.30. The van der Waals surface area contributed by atoms with Crippen molar-refractivity contribution in [2.75, 3.05) is 24.5 Å². The molecule has 1 aromatic heterocycles. The number of rotatable bonds is 7. The summed E-state index contributed by atoms with van der Waals surface area (Å²) in [5, 5.41) is 3.48. The SMILES string of the molecule is CCN(CC(F)(F)F)c1ncc(CNCC(C)C)cc1Cl. The van der Waals surface area contributed by atoms with E-state index in [1.165, 1.54) is 0 Å². The first kappa shape index (κ1) is 18.0. The molecule has 0 radical (unpaired) electrons. The summed E-state index contributed by atoms with van der Waals surface area (Å²) in [7, 11) is 0. The number of hydrogen-bond acceptors (Lipinski definition) is 3. The third kappa shape index (κ3) is 6.52. The zero-order chi connectivity index (χ0) is 16.0. The smallest absolute Gasteiger partial charge is 0.347 e. The van der Waals surface area contributed by atoms with Crippen LogP contribution < -0.4 is 10.2 Å². The highest BCUT2D eigenvalue weighted by Gasteiger charge is 2.31. The van der Waals surface area contributed by atoms with Gasteiger partial charge in [-0.3, -0.25) is 0 Å². The van der Waals surface area contributed by atoms with Crippen molar-refractivity contribution in [1.29, 1.82) is 0 Å². The molecule has 120 valence electrons. The maximum atomic E-state index is 12.5. The predicted octanol–water partition coefficient (Wildman–Crippen LogP) is 3.87. The number of hydrogen-bond donors (Lipinski definition) is 1. The minimum atomic E-state index is -4.28. The van der Waals surface area contributed by atoms with Gasteiger partial charge in [-0.25, -0.2) is 4.98 Å². The van der Waals surface area contributed by atoms with Crippen molar-refractivity contribution in [1.82, 2.24) is 10.3 Å². The molecule has 0 aliphatic rings. The Bertz CT molecular complexity index is 450. The lowest BCUT2D eigenvalue weighted by Gasteiger charge is -2.24. The Morgan fingerprint density at radius 1 is 1.38 bits per heavy atom. The van der Waals surface area contributed by atoms with Gasteiger partial charge in [-0.15, -0.1) is 0 Å². The van der Waals surface area contributed by atoms with E-state index in [2.05, 4.69) is 24.1 Å². The van der Waals surface area contributed by atoms with Gasteiger partial charge in [0.25, 0.3) is 0 Å². The molecular weight excluding hydrogens is 303 g/mol. The van der Waals surface area contributed by atoms with Crippen molar-refractivity contribution >= 4 is 17.4 Å². The van der Waals surface area contributed by atoms with Gasteiger partial charge < -0.3 is 10.2 Å². The van der Waals surface area contributed by atoms with Crippen molar-refractivity contribution in [3.8, 4) is 0 Å². The summed E-state index contributed by atoms with van der Waals surface area (Å²) in [6, 6.07) is 1.66. The van der Waals surface area contributed by atoms with Crippen LogP contribution in [0.25, 0.3) is 0 Å². The molecule has 21 heavy (non-hydrogen) atoms. The highest BCUT2D eigenvalue weighted by atomic mass is 35.5. The second kappa shape index (κ2) is 7.84. The molecule has 0 aliphatic heterocycles. The monoisotopic (exact) mass is 323 g/mol. The van der Waals surface area contributed by atoms with Crippen LogP contribution >= 0.6 is 11.6 Å². The Kier molecular flexibility index (Phi) is 6.74. The molecule has 1 aromatic rings. The Hall–Kier alpha value is -1.01. The molecule has 0 unspecified atom stereocenters. The molecule has 0 aromatic carbocycles. The summed E-state index contributed by atoms with van der Waals surface area (Å²) in [5.74, 6) is 0.694. The van der Waals surface area contributed by atoms with Crippen LogP contribution in [0, 0.1) is 5.92 Å². The van der Waals surface area contributed by atoms with E-state index >= 15 is 0 Å². The summed E-state index contributed by atoms with van der Waals surface area (Å²) in [4.78, 5) is 5.20. The standard InChI is InChI=1S/C14H21ClF3N3/c1-4-21(9-14(16,17)18)13-12(15)5-11(8-20-13)7-19-6-10(2)3/h5,8,10,19H,4,6-7,9H2,1-3H3. The highest BCUT2D eigenvalue weighted by molar-refractivity contribution is 6.33. The molecule has 0 spiro atoms. The summed E-state index contributed by atoms with van der Waals surface area (Å²) < 4.78 is 37.5. The Morgan fingerprint density at radius 3 is 2.52 bits per heavy atom. The van der Waals surface area contributed by atoms with Crippen molar-refractivity contribution in [2.45, 2.75) is 33.5 Å². The Morgan fingerprint density at radius 2 is 2.05 bits per heavy atom. The third-order valence-corrected chi connectivity index (χ3v) is 3.09. The van der Waals surface area contributed by atoms with Crippen LogP contribution in [0.5, 0.6) is 0 Å². The van der Waals surface area contributed by atoms with Gasteiger partial charge in [0.1, 0.15) is 12.4 Å². The maximum Gasteiger partial charge on any atom is 0.405 e. The number of nitrogens with zero attached hydrogens (tertiary/aromatic N) is 2. The fourth-order valence-corrected chi connectivity index (χ4v) is 2.17. The topological polar surface area (TPSA) is 28.2 Å². The lowest BCUT2D eigenvalue weighted by atomic mass is 10.2. The van der Waals surface area contributed by atoms with Gasteiger partial charge in [0, 0.05) is 19.3 Å². The number of aromatic nitrogens is 1. The maximum absolute atomic E-state index is 12.5. The number of nitrogens with one attached hydrogen (secondary N) is 1. The average Bonchev–Trinajstić information content (AvgIpc) is 2.35. The van der Waals surface area contributed by atoms with Crippen molar-refractivity contribution in [2.24, 2.45) is 5.92 Å². The van der Waals surface area contributed by atoms with E-state index in [0.717, 1.165) is 17.0 Å². The molecule has 0 fully saturated rings. The highest BCUT2D eigenvalue weighted by Crippen LogP contribution is 2.27. The van der Waals surface area contributed by atoms with Gasteiger partial charge in [0.15, 0.2) is 0 Å². The van der Waals surface area contributed by atoms with E-state index in [1.807, 2.05) is 0 Å². The van der Waals surface area contributed by atoms with Crippen molar-refractivity contribution in [3.63, 3.8) is 0 Å². The Balaban J connectivity index is 2.76. The lowest BCUT2D eigenvalue weighted by Crippen LogP contribution is -2.34. The number of alkyl halides is 3. The Labute approximate surface area is 128 Å². The quantitative estimate of drug-likeness (QED) is 0.825. The first-order chi connectivity index (χ1) is 9.73. The van der Waals surface area contributed by atoms with Gasteiger partial charge >= 0.3 is 6.18 Å². The summed E-state index contributed by atoms with van der Waals surface area (Å²) in [6.45, 7) is 6.42. The summed E-state index contributed by atoms with van der Waals surface area (Å²) >= 11 is 6.07. The van der Waals surface area contributed by atoms with E-state index < -0.39 is 12.7 Å². The number of halogens is 4. The van der Waals surface area contributed by atoms with Gasteiger partial charge in [-0.1, -0.05) is 25.4 Å². The van der Waals surface area contributed by atoms with Crippen molar-refractivity contribution in [3.05, 3.63) is 22.8 Å². The predicted molar refractivity (Wildman–Crippen MR) is 79.7 cm³/mol. The van der Waals surface area contributed by atoms with E-state index in [4.69, 9.17) is 11.6 Å². The zero-order valence-electron chi connectivity index (χ0n) is 12.5. The molecule has 7 heteroatoms. The molecule has 1 rings (SSSR count). The van der Waals surface area contributed by atoms with Crippen LogP contribution in [0.2, 0.25) is 5.02 Å². The molecule has 0 saturated heterocycles. The molecule has 1 heterocycles. The van der Waals surface area contributed by atoms with Crippen LogP contribution in [0.4, 0.5) is 19.0 Å². The minimum Gasteiger partial charge on any atom is -0.347 e. The second-order valence-corrected chi connectivity index (χ2v) is 5.71.